The highest BCUT2D eigenvalue weighted by molar-refractivity contribution is 7.80. The molecule has 1 aliphatic heterocycles. The maximum Gasteiger partial charge on any atom is 0.148 e. The van der Waals surface area contributed by atoms with Crippen molar-refractivity contribution in [3.05, 3.63) is 17.9 Å². The van der Waals surface area contributed by atoms with E-state index in [1.54, 1.807) is 6.07 Å². The SMILES string of the molecule is CN1CCN(c2cc(S)c(N)cc2F)CC1. The van der Waals surface area contributed by atoms with E-state index in [0.29, 0.717) is 16.3 Å². The van der Waals surface area contributed by atoms with Gasteiger partial charge in [-0.25, -0.2) is 4.39 Å². The van der Waals surface area contributed by atoms with Crippen LogP contribution in [0.15, 0.2) is 17.0 Å². The Balaban J connectivity index is 2.23. The van der Waals surface area contributed by atoms with Crippen LogP contribution < -0.4 is 10.6 Å². The summed E-state index contributed by atoms with van der Waals surface area (Å²) in [6, 6.07) is 3.05. The second-order valence-corrected chi connectivity index (χ2v) is 4.63. The molecule has 0 unspecified atom stereocenters. The van der Waals surface area contributed by atoms with Gasteiger partial charge in [-0.2, -0.15) is 0 Å². The fraction of sp³-hybridized carbons (Fsp3) is 0.455. The van der Waals surface area contributed by atoms with E-state index in [-0.39, 0.29) is 5.82 Å². The predicted octanol–water partition coefficient (Wildman–Crippen LogP) is 1.45. The Hall–Kier alpha value is -0.940. The molecule has 3 nitrogen and oxygen atoms in total. The van der Waals surface area contributed by atoms with Gasteiger partial charge in [0.05, 0.1) is 5.69 Å². The van der Waals surface area contributed by atoms with Gasteiger partial charge in [0.2, 0.25) is 0 Å². The Labute approximate surface area is 100 Å². The van der Waals surface area contributed by atoms with Crippen molar-refractivity contribution in [2.75, 3.05) is 43.9 Å². The Bertz CT molecular complexity index is 389. The second kappa shape index (κ2) is 4.51. The van der Waals surface area contributed by atoms with Gasteiger partial charge in [-0.15, -0.1) is 12.6 Å². The van der Waals surface area contributed by atoms with Crippen LogP contribution >= 0.6 is 12.6 Å². The van der Waals surface area contributed by atoms with E-state index in [9.17, 15) is 4.39 Å². The summed E-state index contributed by atoms with van der Waals surface area (Å²) in [6.07, 6.45) is 0. The number of thiol groups is 1. The highest BCUT2D eigenvalue weighted by Crippen LogP contribution is 2.28. The van der Waals surface area contributed by atoms with Gasteiger partial charge < -0.3 is 15.5 Å². The van der Waals surface area contributed by atoms with Gasteiger partial charge in [0.1, 0.15) is 5.82 Å². The lowest BCUT2D eigenvalue weighted by molar-refractivity contribution is 0.311. The normalized spacial score (nSPS) is 17.8. The first-order valence-electron chi connectivity index (χ1n) is 5.29. The molecule has 2 N–H and O–H groups in total. The number of hydrogen-bond donors (Lipinski definition) is 2. The summed E-state index contributed by atoms with van der Waals surface area (Å²) in [6.45, 7) is 3.58. The van der Waals surface area contributed by atoms with Gasteiger partial charge in [-0.1, -0.05) is 0 Å². The van der Waals surface area contributed by atoms with E-state index in [1.165, 1.54) is 6.07 Å². The van der Waals surface area contributed by atoms with Crippen molar-refractivity contribution in [3.63, 3.8) is 0 Å². The third-order valence-corrected chi connectivity index (χ3v) is 3.33. The maximum atomic E-state index is 13.7. The number of anilines is 2. The minimum atomic E-state index is -0.264. The van der Waals surface area contributed by atoms with E-state index in [1.807, 2.05) is 4.90 Å². The predicted molar refractivity (Wildman–Crippen MR) is 67.8 cm³/mol. The molecule has 0 saturated carbocycles. The Kier molecular flexibility index (Phi) is 3.25. The number of rotatable bonds is 1. The second-order valence-electron chi connectivity index (χ2n) is 4.15. The Morgan fingerprint density at radius 1 is 1.25 bits per heavy atom. The topological polar surface area (TPSA) is 32.5 Å². The molecule has 1 heterocycles. The van der Waals surface area contributed by atoms with Crippen molar-refractivity contribution < 1.29 is 4.39 Å². The van der Waals surface area contributed by atoms with E-state index in [4.69, 9.17) is 5.73 Å². The maximum absolute atomic E-state index is 13.7. The number of likely N-dealkylation sites (N-methyl/N-ethyl adjacent to an activating group) is 1. The molecule has 0 aromatic heterocycles. The molecule has 0 radical (unpaired) electrons. The van der Waals surface area contributed by atoms with E-state index < -0.39 is 0 Å². The van der Waals surface area contributed by atoms with Gasteiger partial charge in [-0.05, 0) is 13.1 Å². The Morgan fingerprint density at radius 3 is 2.50 bits per heavy atom. The average molecular weight is 241 g/mol. The quantitative estimate of drug-likeness (QED) is 0.576. The first kappa shape index (κ1) is 11.5. The third kappa shape index (κ3) is 2.25. The summed E-state index contributed by atoms with van der Waals surface area (Å²) >= 11 is 4.22. The summed E-state index contributed by atoms with van der Waals surface area (Å²) < 4.78 is 13.7. The number of halogens is 1. The standard InChI is InChI=1S/C11H16FN3S/c1-14-2-4-15(5-3-14)10-7-11(16)9(13)6-8(10)12/h6-7,16H,2-5,13H2,1H3. The van der Waals surface area contributed by atoms with Crippen molar-refractivity contribution in [1.29, 1.82) is 0 Å². The van der Waals surface area contributed by atoms with Crippen LogP contribution in [0.4, 0.5) is 15.8 Å². The molecule has 2 rings (SSSR count). The number of nitrogens with zero attached hydrogens (tertiary/aromatic N) is 2. The summed E-state index contributed by atoms with van der Waals surface area (Å²) in [5.74, 6) is -0.264. The lowest BCUT2D eigenvalue weighted by Crippen LogP contribution is -2.44. The van der Waals surface area contributed by atoms with Crippen molar-refractivity contribution in [2.45, 2.75) is 4.90 Å². The first-order valence-corrected chi connectivity index (χ1v) is 5.74. The van der Waals surface area contributed by atoms with Gasteiger partial charge >= 0.3 is 0 Å². The monoisotopic (exact) mass is 241 g/mol. The summed E-state index contributed by atoms with van der Waals surface area (Å²) in [7, 11) is 2.07. The van der Waals surface area contributed by atoms with Crippen LogP contribution in [0.5, 0.6) is 0 Å². The van der Waals surface area contributed by atoms with Crippen molar-refractivity contribution in [1.82, 2.24) is 4.90 Å². The fourth-order valence-corrected chi connectivity index (χ4v) is 2.04. The van der Waals surface area contributed by atoms with E-state index >= 15 is 0 Å². The molecule has 5 heteroatoms. The van der Waals surface area contributed by atoms with Crippen LogP contribution in [-0.4, -0.2) is 38.1 Å². The molecule has 1 aromatic rings. The van der Waals surface area contributed by atoms with Crippen molar-refractivity contribution in [3.8, 4) is 0 Å². The van der Waals surface area contributed by atoms with Crippen LogP contribution in [0.1, 0.15) is 0 Å². The summed E-state index contributed by atoms with van der Waals surface area (Å²) in [5, 5.41) is 0. The number of piperazine rings is 1. The fourth-order valence-electron chi connectivity index (χ4n) is 1.86. The lowest BCUT2D eigenvalue weighted by Gasteiger charge is -2.34. The summed E-state index contributed by atoms with van der Waals surface area (Å²) in [4.78, 5) is 4.90. The number of benzene rings is 1. The minimum absolute atomic E-state index is 0.264. The smallest absolute Gasteiger partial charge is 0.148 e. The average Bonchev–Trinajstić information content (AvgIpc) is 2.25. The molecule has 16 heavy (non-hydrogen) atoms. The minimum Gasteiger partial charge on any atom is -0.398 e. The lowest BCUT2D eigenvalue weighted by atomic mass is 10.2. The zero-order chi connectivity index (χ0) is 11.7. The molecule has 1 aromatic carbocycles. The number of nitrogen functional groups attached to an aromatic ring is 1. The van der Waals surface area contributed by atoms with Crippen LogP contribution in [0.25, 0.3) is 0 Å². The van der Waals surface area contributed by atoms with E-state index in [2.05, 4.69) is 24.6 Å². The molecule has 0 bridgehead atoms. The molecular formula is C11H16FN3S. The number of nitrogens with two attached hydrogens (primary N) is 1. The highest BCUT2D eigenvalue weighted by atomic mass is 32.1. The van der Waals surface area contributed by atoms with Crippen LogP contribution in [0, 0.1) is 5.82 Å². The molecule has 1 saturated heterocycles. The van der Waals surface area contributed by atoms with E-state index in [0.717, 1.165) is 26.2 Å². The molecular weight excluding hydrogens is 225 g/mol. The van der Waals surface area contributed by atoms with Crippen LogP contribution in [-0.2, 0) is 0 Å². The molecule has 0 atom stereocenters. The molecule has 0 aliphatic carbocycles. The molecule has 0 amide bonds. The highest BCUT2D eigenvalue weighted by Gasteiger charge is 2.18. The largest absolute Gasteiger partial charge is 0.398 e. The molecule has 1 fully saturated rings. The zero-order valence-corrected chi connectivity index (χ0v) is 10.2. The Morgan fingerprint density at radius 2 is 1.88 bits per heavy atom. The van der Waals surface area contributed by atoms with Gasteiger partial charge in [0.25, 0.3) is 0 Å². The van der Waals surface area contributed by atoms with Gasteiger partial charge in [-0.3, -0.25) is 0 Å². The van der Waals surface area contributed by atoms with Gasteiger partial charge in [0.15, 0.2) is 0 Å². The third-order valence-electron chi connectivity index (χ3n) is 2.94. The summed E-state index contributed by atoms with van der Waals surface area (Å²) in [5.41, 5.74) is 6.59. The van der Waals surface area contributed by atoms with Crippen LogP contribution in [0.3, 0.4) is 0 Å². The first-order chi connectivity index (χ1) is 7.58. The van der Waals surface area contributed by atoms with Crippen LogP contribution in [0.2, 0.25) is 0 Å². The molecule has 1 aliphatic rings. The van der Waals surface area contributed by atoms with Crippen molar-refractivity contribution >= 4 is 24.0 Å². The van der Waals surface area contributed by atoms with Gasteiger partial charge in [0, 0.05) is 42.8 Å². The number of hydrogen-bond acceptors (Lipinski definition) is 4. The zero-order valence-electron chi connectivity index (χ0n) is 9.28. The molecule has 88 valence electrons. The molecule has 0 spiro atoms. The van der Waals surface area contributed by atoms with Crippen molar-refractivity contribution in [2.24, 2.45) is 0 Å².